The molecule has 2 rings (SSSR count). The molecule has 0 atom stereocenters. The van der Waals surface area contributed by atoms with Crippen LogP contribution < -0.4 is 0 Å². The van der Waals surface area contributed by atoms with Gasteiger partial charge in [-0.05, 0) is 34.8 Å². The number of pyridine rings is 1. The summed E-state index contributed by atoms with van der Waals surface area (Å²) in [5, 5.41) is 0.778. The van der Waals surface area contributed by atoms with E-state index in [-0.39, 0.29) is 0 Å². The number of nitrogens with zero attached hydrogens (tertiary/aromatic N) is 1. The highest BCUT2D eigenvalue weighted by Gasteiger charge is 2.17. The van der Waals surface area contributed by atoms with Crippen LogP contribution in [0.2, 0.25) is 5.02 Å². The Bertz CT molecular complexity index is 321. The maximum atomic E-state index is 6.05. The van der Waals surface area contributed by atoms with Gasteiger partial charge in [0.15, 0.2) is 0 Å². The molecule has 0 saturated heterocycles. The van der Waals surface area contributed by atoms with Gasteiger partial charge < -0.3 is 0 Å². The molecule has 0 N–H and O–H groups in total. The highest BCUT2D eigenvalue weighted by molar-refractivity contribution is 9.10. The largest absolute Gasteiger partial charge is 0.260 e. The molecule has 0 aromatic carbocycles. The molecule has 0 radical (unpaired) electrons. The average Bonchev–Trinajstić information content (AvgIpc) is 2.23. The molecule has 0 spiro atoms. The fourth-order valence-corrected chi connectivity index (χ4v) is 2.43. The van der Waals surface area contributed by atoms with Gasteiger partial charge in [0.1, 0.15) is 0 Å². The second-order valence-corrected chi connectivity index (χ2v) is 5.12. The third kappa shape index (κ3) is 2.29. The Kier molecular flexibility index (Phi) is 3.45. The molecule has 1 aromatic heterocycles. The summed E-state index contributed by atoms with van der Waals surface area (Å²) in [6.07, 6.45) is 8.39. The minimum atomic E-state index is 0.634. The maximum absolute atomic E-state index is 6.05. The molecule has 0 aliphatic heterocycles. The zero-order valence-corrected chi connectivity index (χ0v) is 10.3. The number of hydrogen-bond acceptors (Lipinski definition) is 1. The third-order valence-electron chi connectivity index (χ3n) is 2.85. The topological polar surface area (TPSA) is 12.9 Å². The third-order valence-corrected chi connectivity index (χ3v) is 4.03. The average molecular weight is 275 g/mol. The van der Waals surface area contributed by atoms with Crippen LogP contribution in [0.1, 0.15) is 43.7 Å². The number of rotatable bonds is 1. The first-order valence-corrected chi connectivity index (χ1v) is 6.25. The molecule has 0 bridgehead atoms. The van der Waals surface area contributed by atoms with E-state index in [0.29, 0.717) is 5.92 Å². The summed E-state index contributed by atoms with van der Waals surface area (Å²) in [6, 6.07) is 2.00. The standard InChI is InChI=1S/C11H13BrClN/c12-9-7-14-11(6-10(9)13)8-4-2-1-3-5-8/h6-8H,1-5H2. The molecule has 3 heteroatoms. The van der Waals surface area contributed by atoms with Crippen LogP contribution in [0.3, 0.4) is 0 Å². The first-order chi connectivity index (χ1) is 6.77. The van der Waals surface area contributed by atoms with Crippen molar-refractivity contribution in [2.75, 3.05) is 0 Å². The van der Waals surface area contributed by atoms with E-state index in [1.165, 1.54) is 32.1 Å². The molecular weight excluding hydrogens is 261 g/mol. The van der Waals surface area contributed by atoms with E-state index in [2.05, 4.69) is 20.9 Å². The molecule has 1 fully saturated rings. The van der Waals surface area contributed by atoms with E-state index < -0.39 is 0 Å². The number of halogens is 2. The van der Waals surface area contributed by atoms with Crippen LogP contribution in [-0.4, -0.2) is 4.98 Å². The van der Waals surface area contributed by atoms with Gasteiger partial charge in [-0.3, -0.25) is 4.98 Å². The van der Waals surface area contributed by atoms with Gasteiger partial charge in [-0.15, -0.1) is 0 Å². The minimum Gasteiger partial charge on any atom is -0.260 e. The van der Waals surface area contributed by atoms with Crippen molar-refractivity contribution >= 4 is 27.5 Å². The molecule has 14 heavy (non-hydrogen) atoms. The monoisotopic (exact) mass is 273 g/mol. The summed E-state index contributed by atoms with van der Waals surface area (Å²) in [4.78, 5) is 4.43. The lowest BCUT2D eigenvalue weighted by atomic mass is 9.87. The van der Waals surface area contributed by atoms with Gasteiger partial charge in [0, 0.05) is 17.8 Å². The van der Waals surface area contributed by atoms with Crippen molar-refractivity contribution in [3.05, 3.63) is 27.5 Å². The Morgan fingerprint density at radius 2 is 2.00 bits per heavy atom. The second kappa shape index (κ2) is 4.63. The highest BCUT2D eigenvalue weighted by atomic mass is 79.9. The van der Waals surface area contributed by atoms with Crippen molar-refractivity contribution in [3.8, 4) is 0 Å². The SMILES string of the molecule is Clc1cc(C2CCCCC2)ncc1Br. The molecule has 0 amide bonds. The normalized spacial score (nSPS) is 18.4. The van der Waals surface area contributed by atoms with E-state index in [0.717, 1.165) is 15.2 Å². The molecular formula is C11H13BrClN. The quantitative estimate of drug-likeness (QED) is 0.732. The van der Waals surface area contributed by atoms with Crippen molar-refractivity contribution in [1.29, 1.82) is 0 Å². The predicted octanol–water partition coefficient (Wildman–Crippen LogP) is 4.55. The Morgan fingerprint density at radius 3 is 2.64 bits per heavy atom. The smallest absolute Gasteiger partial charge is 0.0581 e. The molecule has 1 saturated carbocycles. The fraction of sp³-hybridized carbons (Fsp3) is 0.545. The van der Waals surface area contributed by atoms with E-state index in [1.54, 1.807) is 0 Å². The van der Waals surface area contributed by atoms with Crippen molar-refractivity contribution in [2.24, 2.45) is 0 Å². The van der Waals surface area contributed by atoms with Gasteiger partial charge in [-0.2, -0.15) is 0 Å². The van der Waals surface area contributed by atoms with Crippen LogP contribution in [0.4, 0.5) is 0 Å². The van der Waals surface area contributed by atoms with Crippen molar-refractivity contribution in [1.82, 2.24) is 4.98 Å². The summed E-state index contributed by atoms with van der Waals surface area (Å²) in [5.74, 6) is 0.634. The Hall–Kier alpha value is -0.0800. The first kappa shape index (κ1) is 10.4. The first-order valence-electron chi connectivity index (χ1n) is 5.08. The zero-order valence-electron chi connectivity index (χ0n) is 7.97. The fourth-order valence-electron chi connectivity index (χ4n) is 2.05. The van der Waals surface area contributed by atoms with Crippen LogP contribution in [0.5, 0.6) is 0 Å². The highest BCUT2D eigenvalue weighted by Crippen LogP contribution is 2.33. The van der Waals surface area contributed by atoms with Gasteiger partial charge in [0.2, 0.25) is 0 Å². The summed E-state index contributed by atoms with van der Waals surface area (Å²) in [6.45, 7) is 0. The second-order valence-electron chi connectivity index (χ2n) is 3.86. The summed E-state index contributed by atoms with van der Waals surface area (Å²) < 4.78 is 0.888. The van der Waals surface area contributed by atoms with Gasteiger partial charge >= 0.3 is 0 Å². The molecule has 0 unspecified atom stereocenters. The van der Waals surface area contributed by atoms with Crippen LogP contribution in [0, 0.1) is 0 Å². The van der Waals surface area contributed by atoms with Gasteiger partial charge in [-0.25, -0.2) is 0 Å². The lowest BCUT2D eigenvalue weighted by Gasteiger charge is -2.21. The van der Waals surface area contributed by atoms with Crippen molar-refractivity contribution < 1.29 is 0 Å². The molecule has 1 aliphatic rings. The van der Waals surface area contributed by atoms with Crippen LogP contribution in [-0.2, 0) is 0 Å². The lowest BCUT2D eigenvalue weighted by Crippen LogP contribution is -2.06. The molecule has 1 nitrogen and oxygen atoms in total. The minimum absolute atomic E-state index is 0.634. The van der Waals surface area contributed by atoms with E-state index in [9.17, 15) is 0 Å². The van der Waals surface area contributed by atoms with Crippen LogP contribution >= 0.6 is 27.5 Å². The van der Waals surface area contributed by atoms with Gasteiger partial charge in [-0.1, -0.05) is 30.9 Å². The van der Waals surface area contributed by atoms with Crippen molar-refractivity contribution in [2.45, 2.75) is 38.0 Å². The molecule has 1 aliphatic carbocycles. The maximum Gasteiger partial charge on any atom is 0.0581 e. The lowest BCUT2D eigenvalue weighted by molar-refractivity contribution is 0.436. The van der Waals surface area contributed by atoms with Gasteiger partial charge in [0.05, 0.1) is 9.50 Å². The van der Waals surface area contributed by atoms with E-state index >= 15 is 0 Å². The Balaban J connectivity index is 2.18. The summed E-state index contributed by atoms with van der Waals surface area (Å²) in [7, 11) is 0. The summed E-state index contributed by atoms with van der Waals surface area (Å²) >= 11 is 9.41. The zero-order chi connectivity index (χ0) is 9.97. The molecule has 1 heterocycles. The number of hydrogen-bond donors (Lipinski definition) is 0. The van der Waals surface area contributed by atoms with Gasteiger partial charge in [0.25, 0.3) is 0 Å². The van der Waals surface area contributed by atoms with E-state index in [4.69, 9.17) is 11.6 Å². The molecule has 1 aromatic rings. The van der Waals surface area contributed by atoms with Crippen LogP contribution in [0.25, 0.3) is 0 Å². The van der Waals surface area contributed by atoms with Crippen molar-refractivity contribution in [3.63, 3.8) is 0 Å². The summed E-state index contributed by atoms with van der Waals surface area (Å²) in [5.41, 5.74) is 1.16. The van der Waals surface area contributed by atoms with E-state index in [1.807, 2.05) is 12.3 Å². The molecule has 76 valence electrons. The Morgan fingerprint density at radius 1 is 1.29 bits per heavy atom. The Labute approximate surface area is 98.0 Å². The van der Waals surface area contributed by atoms with Crippen LogP contribution in [0.15, 0.2) is 16.7 Å². The number of aromatic nitrogens is 1. The predicted molar refractivity (Wildman–Crippen MR) is 62.8 cm³/mol.